The monoisotopic (exact) mass is 293 g/mol. The van der Waals surface area contributed by atoms with E-state index in [2.05, 4.69) is 4.98 Å². The van der Waals surface area contributed by atoms with Gasteiger partial charge in [0.1, 0.15) is 11.6 Å². The van der Waals surface area contributed by atoms with Crippen molar-refractivity contribution in [3.05, 3.63) is 58.6 Å². The molecule has 2 aromatic carbocycles. The van der Waals surface area contributed by atoms with E-state index in [0.717, 1.165) is 18.2 Å². The zero-order chi connectivity index (χ0) is 14.3. The van der Waals surface area contributed by atoms with Crippen LogP contribution in [-0.4, -0.2) is 9.55 Å². The molecule has 0 aliphatic rings. The van der Waals surface area contributed by atoms with Gasteiger partial charge in [0.2, 0.25) is 5.95 Å². The highest BCUT2D eigenvalue weighted by Gasteiger charge is 2.13. The first-order valence-electron chi connectivity index (χ1n) is 5.90. The van der Waals surface area contributed by atoms with Crippen LogP contribution in [0.25, 0.3) is 11.0 Å². The highest BCUT2D eigenvalue weighted by molar-refractivity contribution is 6.35. The van der Waals surface area contributed by atoms with E-state index in [1.165, 1.54) is 0 Å². The van der Waals surface area contributed by atoms with Crippen LogP contribution in [0.5, 0.6) is 0 Å². The van der Waals surface area contributed by atoms with Crippen molar-refractivity contribution >= 4 is 28.6 Å². The molecule has 1 aromatic heterocycles. The summed E-state index contributed by atoms with van der Waals surface area (Å²) in [5, 5.41) is 0.462. The molecule has 0 saturated heterocycles. The number of halogens is 3. The van der Waals surface area contributed by atoms with Crippen LogP contribution in [0, 0.1) is 11.6 Å². The van der Waals surface area contributed by atoms with Crippen molar-refractivity contribution < 1.29 is 8.78 Å². The van der Waals surface area contributed by atoms with Gasteiger partial charge in [-0.2, -0.15) is 0 Å². The second-order valence-corrected chi connectivity index (χ2v) is 4.81. The number of nitrogen functional groups attached to an aromatic ring is 1. The number of imidazole rings is 1. The second kappa shape index (κ2) is 4.76. The first-order valence-corrected chi connectivity index (χ1v) is 6.28. The summed E-state index contributed by atoms with van der Waals surface area (Å²) in [6.45, 7) is 0.0651. The Bertz CT molecular complexity index is 798. The van der Waals surface area contributed by atoms with Gasteiger partial charge < -0.3 is 10.3 Å². The molecular weight excluding hydrogens is 284 g/mol. The number of hydrogen-bond acceptors (Lipinski definition) is 2. The summed E-state index contributed by atoms with van der Waals surface area (Å²) >= 11 is 6.13. The molecule has 6 heteroatoms. The average molecular weight is 294 g/mol. The van der Waals surface area contributed by atoms with E-state index in [1.807, 2.05) is 0 Å². The molecule has 0 fully saturated rings. The molecule has 1 heterocycles. The number of nitrogens with two attached hydrogens (primary N) is 1. The normalized spacial score (nSPS) is 11.2. The lowest BCUT2D eigenvalue weighted by Crippen LogP contribution is -2.06. The first-order chi connectivity index (χ1) is 9.56. The molecule has 0 aliphatic heterocycles. The van der Waals surface area contributed by atoms with E-state index in [-0.39, 0.29) is 18.1 Å². The first kappa shape index (κ1) is 12.9. The highest BCUT2D eigenvalue weighted by atomic mass is 35.5. The van der Waals surface area contributed by atoms with E-state index in [0.29, 0.717) is 16.1 Å². The number of benzene rings is 2. The number of rotatable bonds is 2. The molecule has 0 atom stereocenters. The second-order valence-electron chi connectivity index (χ2n) is 4.40. The quantitative estimate of drug-likeness (QED) is 0.784. The number of fused-ring (bicyclic) bond motifs is 1. The van der Waals surface area contributed by atoms with Gasteiger partial charge in [-0.05, 0) is 30.3 Å². The van der Waals surface area contributed by atoms with Crippen LogP contribution in [-0.2, 0) is 6.54 Å². The fourth-order valence-corrected chi connectivity index (χ4v) is 2.43. The predicted octanol–water partition coefficient (Wildman–Crippen LogP) is 3.60. The fraction of sp³-hybridized carbons (Fsp3) is 0.0714. The summed E-state index contributed by atoms with van der Waals surface area (Å²) in [5.74, 6) is -0.799. The Morgan fingerprint density at radius 1 is 1.20 bits per heavy atom. The van der Waals surface area contributed by atoms with E-state index in [4.69, 9.17) is 17.3 Å². The zero-order valence-corrected chi connectivity index (χ0v) is 11.0. The van der Waals surface area contributed by atoms with Crippen molar-refractivity contribution in [1.29, 1.82) is 0 Å². The molecule has 0 unspecified atom stereocenters. The lowest BCUT2D eigenvalue weighted by molar-refractivity contribution is 0.579. The van der Waals surface area contributed by atoms with Gasteiger partial charge in [0.05, 0.1) is 22.6 Å². The molecule has 20 heavy (non-hydrogen) atoms. The minimum atomic E-state index is -0.504. The molecule has 3 nitrogen and oxygen atoms in total. The van der Waals surface area contributed by atoms with Crippen molar-refractivity contribution in [2.24, 2.45) is 0 Å². The Morgan fingerprint density at radius 2 is 2.00 bits per heavy atom. The number of anilines is 1. The standard InChI is InChI=1S/C14H10ClF2N3/c15-10-2-1-3-12-13(10)20(14(18)19-12)7-8-6-9(16)4-5-11(8)17/h1-6H,7H2,(H2,18,19). The lowest BCUT2D eigenvalue weighted by atomic mass is 10.2. The minimum Gasteiger partial charge on any atom is -0.369 e. The summed E-state index contributed by atoms with van der Waals surface area (Å²) in [5.41, 5.74) is 7.25. The minimum absolute atomic E-state index is 0.0651. The van der Waals surface area contributed by atoms with Crippen LogP contribution in [0.3, 0.4) is 0 Å². The van der Waals surface area contributed by atoms with E-state index < -0.39 is 11.6 Å². The molecule has 0 amide bonds. The number of nitrogens with zero attached hydrogens (tertiary/aromatic N) is 2. The van der Waals surface area contributed by atoms with Gasteiger partial charge in [0.15, 0.2) is 0 Å². The van der Waals surface area contributed by atoms with Gasteiger partial charge in [0.25, 0.3) is 0 Å². The Kier molecular flexibility index (Phi) is 3.06. The summed E-state index contributed by atoms with van der Waals surface area (Å²) < 4.78 is 28.5. The van der Waals surface area contributed by atoms with Crippen LogP contribution in [0.4, 0.5) is 14.7 Å². The maximum atomic E-state index is 13.7. The van der Waals surface area contributed by atoms with Crippen molar-refractivity contribution in [3.8, 4) is 0 Å². The fourth-order valence-electron chi connectivity index (χ4n) is 2.15. The third kappa shape index (κ3) is 2.10. The summed E-state index contributed by atoms with van der Waals surface area (Å²) in [6, 6.07) is 8.50. The maximum absolute atomic E-state index is 13.7. The summed E-state index contributed by atoms with van der Waals surface area (Å²) in [7, 11) is 0. The van der Waals surface area contributed by atoms with Crippen molar-refractivity contribution in [2.45, 2.75) is 6.54 Å². The lowest BCUT2D eigenvalue weighted by Gasteiger charge is -2.08. The van der Waals surface area contributed by atoms with Gasteiger partial charge in [-0.1, -0.05) is 17.7 Å². The third-order valence-corrected chi connectivity index (χ3v) is 3.39. The van der Waals surface area contributed by atoms with E-state index >= 15 is 0 Å². The molecule has 102 valence electrons. The molecule has 0 spiro atoms. The van der Waals surface area contributed by atoms with E-state index in [9.17, 15) is 8.78 Å². The Labute approximate surface area is 118 Å². The molecule has 0 bridgehead atoms. The van der Waals surface area contributed by atoms with Gasteiger partial charge in [0, 0.05) is 5.56 Å². The Balaban J connectivity index is 2.15. The van der Waals surface area contributed by atoms with Crippen LogP contribution >= 0.6 is 11.6 Å². The highest BCUT2D eigenvalue weighted by Crippen LogP contribution is 2.27. The van der Waals surface area contributed by atoms with Gasteiger partial charge in [-0.3, -0.25) is 0 Å². The van der Waals surface area contributed by atoms with Gasteiger partial charge in [-0.15, -0.1) is 0 Å². The number of aromatic nitrogens is 2. The number of para-hydroxylation sites is 1. The SMILES string of the molecule is Nc1nc2cccc(Cl)c2n1Cc1cc(F)ccc1F. The van der Waals surface area contributed by atoms with Crippen molar-refractivity contribution in [1.82, 2.24) is 9.55 Å². The van der Waals surface area contributed by atoms with Crippen molar-refractivity contribution in [3.63, 3.8) is 0 Å². The smallest absolute Gasteiger partial charge is 0.201 e. The van der Waals surface area contributed by atoms with E-state index in [1.54, 1.807) is 22.8 Å². The largest absolute Gasteiger partial charge is 0.369 e. The van der Waals surface area contributed by atoms with Crippen LogP contribution in [0.1, 0.15) is 5.56 Å². The molecular formula is C14H10ClF2N3. The molecule has 0 saturated carbocycles. The van der Waals surface area contributed by atoms with Crippen LogP contribution in [0.2, 0.25) is 5.02 Å². The predicted molar refractivity (Wildman–Crippen MR) is 74.6 cm³/mol. The Hall–Kier alpha value is -2.14. The van der Waals surface area contributed by atoms with Crippen LogP contribution in [0.15, 0.2) is 36.4 Å². The molecule has 2 N–H and O–H groups in total. The third-order valence-electron chi connectivity index (χ3n) is 3.08. The van der Waals surface area contributed by atoms with Crippen LogP contribution < -0.4 is 5.73 Å². The zero-order valence-electron chi connectivity index (χ0n) is 10.3. The average Bonchev–Trinajstić information content (AvgIpc) is 2.72. The number of hydrogen-bond donors (Lipinski definition) is 1. The topological polar surface area (TPSA) is 43.8 Å². The van der Waals surface area contributed by atoms with Gasteiger partial charge in [-0.25, -0.2) is 13.8 Å². The molecule has 0 aliphatic carbocycles. The van der Waals surface area contributed by atoms with Crippen molar-refractivity contribution in [2.75, 3.05) is 5.73 Å². The summed E-state index contributed by atoms with van der Waals surface area (Å²) in [4.78, 5) is 4.16. The molecule has 3 aromatic rings. The summed E-state index contributed by atoms with van der Waals surface area (Å²) in [6.07, 6.45) is 0. The Morgan fingerprint density at radius 3 is 2.80 bits per heavy atom. The molecule has 0 radical (unpaired) electrons. The molecule has 3 rings (SSSR count). The van der Waals surface area contributed by atoms with Gasteiger partial charge >= 0.3 is 0 Å². The maximum Gasteiger partial charge on any atom is 0.201 e.